The number of imidazole rings is 2. The number of nitrogens with zero attached hydrogens (tertiary/aromatic N) is 6. The fourth-order valence-electron chi connectivity index (χ4n) is 3.63. The minimum atomic E-state index is -0.726. The van der Waals surface area contributed by atoms with Crippen molar-refractivity contribution >= 4 is 29.6 Å². The molecular formula is C19H17ClFN7O3. The predicted octanol–water partition coefficient (Wildman–Crippen LogP) is 2.07. The number of amides is 1. The van der Waals surface area contributed by atoms with Gasteiger partial charge in [-0.2, -0.15) is 9.49 Å². The summed E-state index contributed by atoms with van der Waals surface area (Å²) in [4.78, 5) is 34.7. The third kappa shape index (κ3) is 3.75. The minimum absolute atomic E-state index is 0.151. The Morgan fingerprint density at radius 1 is 1.39 bits per heavy atom. The molecule has 0 aromatic carbocycles. The standard InChI is InChI=1S/C18H15ClFN7O.CH2O2/c1-25-5-10(4-23-25)12-7-26(8-13-15(12)22-9-21-13)18(28)16-17(20)27-6-11(19)2-3-14(27)24-16;2-1-3/h2-6,9,12H,7-8H2,1H3,(H,21,22);1H,(H,2,3). The first kappa shape index (κ1) is 20.5. The molecule has 0 saturated heterocycles. The van der Waals surface area contributed by atoms with E-state index in [2.05, 4.69) is 20.1 Å². The maximum Gasteiger partial charge on any atom is 0.290 e. The molecular weight excluding hydrogens is 429 g/mol. The van der Waals surface area contributed by atoms with E-state index in [9.17, 15) is 9.18 Å². The van der Waals surface area contributed by atoms with Crippen LogP contribution in [0.3, 0.4) is 0 Å². The summed E-state index contributed by atoms with van der Waals surface area (Å²) in [6.45, 7) is 0.412. The number of hydrogen-bond donors (Lipinski definition) is 2. The summed E-state index contributed by atoms with van der Waals surface area (Å²) in [6.07, 6.45) is 6.66. The molecule has 4 aromatic heterocycles. The second-order valence-corrected chi connectivity index (χ2v) is 7.32. The van der Waals surface area contributed by atoms with Gasteiger partial charge in [-0.1, -0.05) is 11.6 Å². The lowest BCUT2D eigenvalue weighted by Gasteiger charge is -2.31. The molecule has 0 aliphatic carbocycles. The molecule has 31 heavy (non-hydrogen) atoms. The number of rotatable bonds is 2. The number of pyridine rings is 1. The third-order valence-electron chi connectivity index (χ3n) is 4.97. The van der Waals surface area contributed by atoms with E-state index in [1.54, 1.807) is 34.2 Å². The Labute approximate surface area is 179 Å². The lowest BCUT2D eigenvalue weighted by atomic mass is 9.93. The molecule has 0 radical (unpaired) electrons. The van der Waals surface area contributed by atoms with Crippen LogP contribution in [0, 0.1) is 5.95 Å². The van der Waals surface area contributed by atoms with E-state index in [1.807, 2.05) is 13.2 Å². The van der Waals surface area contributed by atoms with Gasteiger partial charge < -0.3 is 15.0 Å². The molecule has 5 rings (SSSR count). The monoisotopic (exact) mass is 445 g/mol. The van der Waals surface area contributed by atoms with Gasteiger partial charge in [0.05, 0.1) is 35.5 Å². The van der Waals surface area contributed by atoms with Gasteiger partial charge in [-0.3, -0.25) is 18.7 Å². The number of aryl methyl sites for hydroxylation is 1. The molecule has 1 amide bonds. The van der Waals surface area contributed by atoms with Crippen LogP contribution in [0.15, 0.2) is 37.1 Å². The fraction of sp³-hybridized carbons (Fsp3) is 0.211. The van der Waals surface area contributed by atoms with E-state index in [0.717, 1.165) is 17.0 Å². The second kappa shape index (κ2) is 8.19. The van der Waals surface area contributed by atoms with Gasteiger partial charge in [0, 0.05) is 37.5 Å². The number of aromatic nitrogens is 6. The summed E-state index contributed by atoms with van der Waals surface area (Å²) in [5.41, 5.74) is 2.74. The van der Waals surface area contributed by atoms with Gasteiger partial charge in [0.1, 0.15) is 5.65 Å². The molecule has 12 heteroatoms. The molecule has 1 aliphatic heterocycles. The quantitative estimate of drug-likeness (QED) is 0.455. The highest BCUT2D eigenvalue weighted by Crippen LogP contribution is 2.32. The fourth-order valence-corrected chi connectivity index (χ4v) is 3.80. The smallest absolute Gasteiger partial charge is 0.290 e. The van der Waals surface area contributed by atoms with Crippen molar-refractivity contribution in [3.63, 3.8) is 0 Å². The summed E-state index contributed by atoms with van der Waals surface area (Å²) < 4.78 is 17.7. The average molecular weight is 446 g/mol. The van der Waals surface area contributed by atoms with E-state index in [4.69, 9.17) is 21.5 Å². The van der Waals surface area contributed by atoms with Crippen LogP contribution < -0.4 is 0 Å². The number of carbonyl (C=O) groups excluding carboxylic acids is 1. The normalized spacial score (nSPS) is 15.3. The number of nitrogens with one attached hydrogen (secondary N) is 1. The zero-order valence-corrected chi connectivity index (χ0v) is 17.0. The minimum Gasteiger partial charge on any atom is -0.483 e. The van der Waals surface area contributed by atoms with E-state index in [-0.39, 0.29) is 18.1 Å². The lowest BCUT2D eigenvalue weighted by molar-refractivity contribution is -0.122. The first-order valence-electron chi connectivity index (χ1n) is 9.13. The van der Waals surface area contributed by atoms with Crippen LogP contribution >= 0.6 is 11.6 Å². The SMILES string of the molecule is Cn1cc(C2CN(C(=O)c3nc4ccc(Cl)cn4c3F)Cc3[nH]cnc32)cn1.O=CO. The van der Waals surface area contributed by atoms with Gasteiger partial charge in [-0.25, -0.2) is 9.97 Å². The maximum absolute atomic E-state index is 14.8. The Morgan fingerprint density at radius 2 is 2.16 bits per heavy atom. The van der Waals surface area contributed by atoms with Crippen LogP contribution in [0.1, 0.15) is 33.4 Å². The number of hydrogen-bond acceptors (Lipinski definition) is 5. The van der Waals surface area contributed by atoms with E-state index in [1.165, 1.54) is 10.6 Å². The summed E-state index contributed by atoms with van der Waals surface area (Å²) in [5.74, 6) is -1.36. The summed E-state index contributed by atoms with van der Waals surface area (Å²) in [6, 6.07) is 3.18. The van der Waals surface area contributed by atoms with Crippen molar-refractivity contribution in [3.8, 4) is 0 Å². The van der Waals surface area contributed by atoms with Gasteiger partial charge in [0.2, 0.25) is 5.95 Å². The number of halogens is 2. The molecule has 1 atom stereocenters. The lowest BCUT2D eigenvalue weighted by Crippen LogP contribution is -2.39. The summed E-state index contributed by atoms with van der Waals surface area (Å²) >= 11 is 5.93. The van der Waals surface area contributed by atoms with Crippen molar-refractivity contribution in [3.05, 3.63) is 70.7 Å². The highest BCUT2D eigenvalue weighted by Gasteiger charge is 2.34. The molecule has 2 N–H and O–H groups in total. The number of fused-ring (bicyclic) bond motifs is 2. The van der Waals surface area contributed by atoms with E-state index in [0.29, 0.717) is 23.8 Å². The van der Waals surface area contributed by atoms with Crippen molar-refractivity contribution in [1.82, 2.24) is 34.0 Å². The highest BCUT2D eigenvalue weighted by atomic mass is 35.5. The molecule has 1 unspecified atom stereocenters. The molecule has 0 spiro atoms. The first-order chi connectivity index (χ1) is 14.9. The van der Waals surface area contributed by atoms with Gasteiger partial charge in [0.15, 0.2) is 5.69 Å². The van der Waals surface area contributed by atoms with Crippen LogP contribution in [-0.2, 0) is 18.4 Å². The van der Waals surface area contributed by atoms with Crippen LogP contribution in [0.5, 0.6) is 0 Å². The average Bonchev–Trinajstić information content (AvgIpc) is 3.47. The van der Waals surface area contributed by atoms with Gasteiger partial charge in [0.25, 0.3) is 12.4 Å². The molecule has 0 bridgehead atoms. The van der Waals surface area contributed by atoms with Gasteiger partial charge >= 0.3 is 0 Å². The Hall–Kier alpha value is -3.73. The third-order valence-corrected chi connectivity index (χ3v) is 5.20. The summed E-state index contributed by atoms with van der Waals surface area (Å²) in [5, 5.41) is 11.5. The predicted molar refractivity (Wildman–Crippen MR) is 107 cm³/mol. The van der Waals surface area contributed by atoms with Crippen molar-refractivity contribution in [1.29, 1.82) is 0 Å². The van der Waals surface area contributed by atoms with Crippen molar-refractivity contribution in [2.75, 3.05) is 6.54 Å². The summed E-state index contributed by atoms with van der Waals surface area (Å²) in [7, 11) is 1.83. The topological polar surface area (TPSA) is 121 Å². The number of H-pyrrole nitrogens is 1. The zero-order valence-electron chi connectivity index (χ0n) is 16.2. The molecule has 10 nitrogen and oxygen atoms in total. The highest BCUT2D eigenvalue weighted by molar-refractivity contribution is 6.30. The first-order valence-corrected chi connectivity index (χ1v) is 9.51. The van der Waals surface area contributed by atoms with Crippen LogP contribution in [0.25, 0.3) is 5.65 Å². The number of aromatic amines is 1. The largest absolute Gasteiger partial charge is 0.483 e. The van der Waals surface area contributed by atoms with Crippen molar-refractivity contribution < 1.29 is 19.1 Å². The van der Waals surface area contributed by atoms with E-state index >= 15 is 0 Å². The molecule has 5 heterocycles. The van der Waals surface area contributed by atoms with E-state index < -0.39 is 11.9 Å². The van der Waals surface area contributed by atoms with Gasteiger partial charge in [-0.05, 0) is 12.1 Å². The molecule has 0 fully saturated rings. The molecule has 4 aromatic rings. The second-order valence-electron chi connectivity index (χ2n) is 6.88. The van der Waals surface area contributed by atoms with Crippen LogP contribution in [-0.4, -0.2) is 58.1 Å². The molecule has 0 saturated carbocycles. The Bertz CT molecular complexity index is 1260. The Kier molecular flexibility index (Phi) is 5.42. The van der Waals surface area contributed by atoms with Crippen LogP contribution in [0.2, 0.25) is 5.02 Å². The molecule has 1 aliphatic rings. The Morgan fingerprint density at radius 3 is 2.87 bits per heavy atom. The number of carboxylic acid groups (broad SMARTS) is 1. The molecule has 160 valence electrons. The Balaban J connectivity index is 0.000000730. The van der Waals surface area contributed by atoms with Crippen molar-refractivity contribution in [2.24, 2.45) is 7.05 Å². The van der Waals surface area contributed by atoms with Gasteiger partial charge in [-0.15, -0.1) is 0 Å². The maximum atomic E-state index is 14.8. The number of carbonyl (C=O) groups is 2. The van der Waals surface area contributed by atoms with Crippen LogP contribution in [0.4, 0.5) is 4.39 Å². The zero-order chi connectivity index (χ0) is 22.1. The van der Waals surface area contributed by atoms with Crippen molar-refractivity contribution in [2.45, 2.75) is 12.5 Å².